The Kier molecular flexibility index (Phi) is 6.09. The molecule has 2 saturated heterocycles. The maximum atomic E-state index is 12.1. The lowest BCUT2D eigenvalue weighted by Gasteiger charge is -2.28. The normalized spacial score (nSPS) is 26.2. The second-order valence-corrected chi connectivity index (χ2v) is 7.33. The second-order valence-electron chi connectivity index (χ2n) is 7.33. The maximum absolute atomic E-state index is 12.1. The van der Waals surface area contributed by atoms with Gasteiger partial charge in [0.25, 0.3) is 0 Å². The number of hydrogen-bond donors (Lipinski definition) is 2. The smallest absolute Gasteiger partial charge is 0.220 e. The van der Waals surface area contributed by atoms with Crippen molar-refractivity contribution in [2.45, 2.75) is 69.9 Å². The molecule has 0 spiro atoms. The topological polar surface area (TPSA) is 41.1 Å². The van der Waals surface area contributed by atoms with E-state index < -0.39 is 0 Å². The van der Waals surface area contributed by atoms with Gasteiger partial charge in [0.05, 0.1) is 0 Å². The van der Waals surface area contributed by atoms with Gasteiger partial charge in [-0.3, -0.25) is 4.79 Å². The average Bonchev–Trinajstić information content (AvgIpc) is 2.90. The van der Waals surface area contributed by atoms with E-state index in [1.165, 1.54) is 44.1 Å². The lowest BCUT2D eigenvalue weighted by Crippen LogP contribution is -2.39. The van der Waals surface area contributed by atoms with Gasteiger partial charge >= 0.3 is 0 Å². The van der Waals surface area contributed by atoms with E-state index in [9.17, 15) is 4.79 Å². The van der Waals surface area contributed by atoms with Crippen molar-refractivity contribution in [3.8, 4) is 0 Å². The van der Waals surface area contributed by atoms with Crippen LogP contribution in [0.2, 0.25) is 0 Å². The zero-order chi connectivity index (χ0) is 15.9. The molecule has 0 aliphatic carbocycles. The summed E-state index contributed by atoms with van der Waals surface area (Å²) in [6.45, 7) is 0.839. The summed E-state index contributed by atoms with van der Waals surface area (Å²) in [5.74, 6) is 0.867. The molecule has 2 aliphatic heterocycles. The lowest BCUT2D eigenvalue weighted by atomic mass is 9.89. The Hall–Kier alpha value is -1.35. The van der Waals surface area contributed by atoms with E-state index in [0.29, 0.717) is 18.0 Å². The minimum atomic E-state index is 0.263. The third-order valence-electron chi connectivity index (χ3n) is 5.35. The number of fused-ring (bicyclic) bond motifs is 2. The Balaban J connectivity index is 1.22. The van der Waals surface area contributed by atoms with Gasteiger partial charge in [-0.15, -0.1) is 0 Å². The van der Waals surface area contributed by atoms with Crippen LogP contribution in [0.15, 0.2) is 30.3 Å². The van der Waals surface area contributed by atoms with Crippen LogP contribution in [0, 0.1) is 5.92 Å². The molecule has 2 atom stereocenters. The minimum absolute atomic E-state index is 0.263. The number of piperidine rings is 1. The Bertz CT molecular complexity index is 476. The number of aryl methyl sites for hydroxylation is 1. The summed E-state index contributed by atoms with van der Waals surface area (Å²) in [7, 11) is 0. The van der Waals surface area contributed by atoms with Crippen LogP contribution in [0.5, 0.6) is 0 Å². The van der Waals surface area contributed by atoms with Crippen molar-refractivity contribution in [2.75, 3.05) is 6.54 Å². The summed E-state index contributed by atoms with van der Waals surface area (Å²) in [6, 6.07) is 12.0. The molecule has 126 valence electrons. The van der Waals surface area contributed by atoms with Crippen molar-refractivity contribution < 1.29 is 4.79 Å². The van der Waals surface area contributed by atoms with Crippen LogP contribution in [0.3, 0.4) is 0 Å². The van der Waals surface area contributed by atoms with Gasteiger partial charge in [0.1, 0.15) is 0 Å². The van der Waals surface area contributed by atoms with Gasteiger partial charge < -0.3 is 10.6 Å². The van der Waals surface area contributed by atoms with Crippen LogP contribution in [0.1, 0.15) is 56.9 Å². The summed E-state index contributed by atoms with van der Waals surface area (Å²) >= 11 is 0. The molecule has 2 unspecified atom stereocenters. The molecule has 1 amide bonds. The van der Waals surface area contributed by atoms with Gasteiger partial charge in [0, 0.05) is 25.0 Å². The first kappa shape index (κ1) is 16.5. The van der Waals surface area contributed by atoms with Crippen molar-refractivity contribution in [1.82, 2.24) is 10.6 Å². The molecule has 23 heavy (non-hydrogen) atoms. The molecular weight excluding hydrogens is 284 g/mol. The molecule has 1 aromatic carbocycles. The van der Waals surface area contributed by atoms with Crippen LogP contribution in [0.25, 0.3) is 0 Å². The van der Waals surface area contributed by atoms with Crippen LogP contribution in [-0.2, 0) is 11.2 Å². The molecule has 2 aliphatic rings. The second kappa shape index (κ2) is 8.49. The molecule has 2 bridgehead atoms. The monoisotopic (exact) mass is 314 g/mol. The highest BCUT2D eigenvalue weighted by Crippen LogP contribution is 2.32. The van der Waals surface area contributed by atoms with Crippen molar-refractivity contribution in [1.29, 1.82) is 0 Å². The first-order valence-electron chi connectivity index (χ1n) is 9.36. The van der Waals surface area contributed by atoms with Crippen LogP contribution in [-0.4, -0.2) is 24.5 Å². The Labute approximate surface area is 140 Å². The van der Waals surface area contributed by atoms with Crippen molar-refractivity contribution in [2.24, 2.45) is 5.92 Å². The van der Waals surface area contributed by atoms with E-state index in [2.05, 4.69) is 41.0 Å². The number of unbranched alkanes of at least 4 members (excludes halogenated alkanes) is 2. The van der Waals surface area contributed by atoms with E-state index in [-0.39, 0.29) is 5.91 Å². The molecule has 0 saturated carbocycles. The highest BCUT2D eigenvalue weighted by molar-refractivity contribution is 5.76. The largest absolute Gasteiger partial charge is 0.356 e. The van der Waals surface area contributed by atoms with Crippen LogP contribution < -0.4 is 10.6 Å². The zero-order valence-corrected chi connectivity index (χ0v) is 14.1. The highest BCUT2D eigenvalue weighted by Gasteiger charge is 2.33. The molecule has 0 radical (unpaired) electrons. The maximum Gasteiger partial charge on any atom is 0.220 e. The van der Waals surface area contributed by atoms with Crippen molar-refractivity contribution in [3.63, 3.8) is 0 Å². The first-order valence-corrected chi connectivity index (χ1v) is 9.36. The highest BCUT2D eigenvalue weighted by atomic mass is 16.1. The van der Waals surface area contributed by atoms with E-state index in [4.69, 9.17) is 0 Å². The molecule has 3 heteroatoms. The zero-order valence-electron chi connectivity index (χ0n) is 14.1. The quantitative estimate of drug-likeness (QED) is 0.722. The van der Waals surface area contributed by atoms with Crippen molar-refractivity contribution in [3.05, 3.63) is 35.9 Å². The lowest BCUT2D eigenvalue weighted by molar-refractivity contribution is -0.122. The predicted octanol–water partition coefficient (Wildman–Crippen LogP) is 3.44. The molecular formula is C20H30N2O. The number of carbonyl (C=O) groups is 1. The number of rotatable bonds is 8. The number of nitrogens with one attached hydrogen (secondary N) is 2. The SMILES string of the molecule is O=C(CC1CC2CCC(C1)N2)NCCCCCc1ccccc1. The first-order chi connectivity index (χ1) is 11.3. The van der Waals surface area contributed by atoms with Gasteiger partial charge in [0.2, 0.25) is 5.91 Å². The summed E-state index contributed by atoms with van der Waals surface area (Å²) in [6.07, 6.45) is 10.4. The number of benzene rings is 1. The summed E-state index contributed by atoms with van der Waals surface area (Å²) < 4.78 is 0. The fraction of sp³-hybridized carbons (Fsp3) is 0.650. The molecule has 0 aromatic heterocycles. The summed E-state index contributed by atoms with van der Waals surface area (Å²) in [5.41, 5.74) is 1.41. The third-order valence-corrected chi connectivity index (χ3v) is 5.35. The van der Waals surface area contributed by atoms with Gasteiger partial charge in [0.15, 0.2) is 0 Å². The van der Waals surface area contributed by atoms with Crippen LogP contribution >= 0.6 is 0 Å². The average molecular weight is 314 g/mol. The molecule has 2 N–H and O–H groups in total. The van der Waals surface area contributed by atoms with Crippen molar-refractivity contribution >= 4 is 5.91 Å². The van der Waals surface area contributed by atoms with Gasteiger partial charge in [-0.1, -0.05) is 36.8 Å². The van der Waals surface area contributed by atoms with E-state index in [0.717, 1.165) is 25.8 Å². The number of amides is 1. The fourth-order valence-corrected chi connectivity index (χ4v) is 4.18. The Morgan fingerprint density at radius 2 is 1.78 bits per heavy atom. The third kappa shape index (κ3) is 5.35. The van der Waals surface area contributed by atoms with Gasteiger partial charge in [-0.05, 0) is 56.4 Å². The predicted molar refractivity (Wildman–Crippen MR) is 94.3 cm³/mol. The number of hydrogen-bond acceptors (Lipinski definition) is 2. The summed E-state index contributed by atoms with van der Waals surface area (Å²) in [4.78, 5) is 12.1. The molecule has 3 nitrogen and oxygen atoms in total. The van der Waals surface area contributed by atoms with Gasteiger partial charge in [-0.2, -0.15) is 0 Å². The van der Waals surface area contributed by atoms with Crippen LogP contribution in [0.4, 0.5) is 0 Å². The van der Waals surface area contributed by atoms with E-state index in [1.807, 2.05) is 0 Å². The van der Waals surface area contributed by atoms with Gasteiger partial charge in [-0.25, -0.2) is 0 Å². The Morgan fingerprint density at radius 3 is 2.52 bits per heavy atom. The fourth-order valence-electron chi connectivity index (χ4n) is 4.18. The molecule has 2 fully saturated rings. The molecule has 2 heterocycles. The van der Waals surface area contributed by atoms with E-state index >= 15 is 0 Å². The minimum Gasteiger partial charge on any atom is -0.356 e. The van der Waals surface area contributed by atoms with E-state index in [1.54, 1.807) is 0 Å². The standard InChI is InChI=1S/C20H30N2O/c23-20(15-17-13-18-10-11-19(14-17)22-18)21-12-6-2-5-9-16-7-3-1-4-8-16/h1,3-4,7-8,17-19,22H,2,5-6,9-15H2,(H,21,23). The summed E-state index contributed by atoms with van der Waals surface area (Å²) in [5, 5.41) is 6.76. The molecule has 3 rings (SSSR count). The molecule has 1 aromatic rings. The Morgan fingerprint density at radius 1 is 1.04 bits per heavy atom. The number of carbonyl (C=O) groups excluding carboxylic acids is 1.